The first-order chi connectivity index (χ1) is 12.5. The SMILES string of the molecule is Cc1ccc(CN2Cc3cccn3C[C@@H](CCNS(=O)(=O)C3CC3)C2)o1. The lowest BCUT2D eigenvalue weighted by atomic mass is 10.1. The van der Waals surface area contributed by atoms with Crippen molar-refractivity contribution >= 4 is 10.0 Å². The zero-order valence-electron chi connectivity index (χ0n) is 15.2. The summed E-state index contributed by atoms with van der Waals surface area (Å²) in [4.78, 5) is 2.40. The summed E-state index contributed by atoms with van der Waals surface area (Å²) < 4.78 is 34.9. The van der Waals surface area contributed by atoms with E-state index in [9.17, 15) is 8.42 Å². The van der Waals surface area contributed by atoms with Gasteiger partial charge in [-0.3, -0.25) is 4.90 Å². The number of hydrogen-bond donors (Lipinski definition) is 1. The number of aryl methyl sites for hydroxylation is 1. The van der Waals surface area contributed by atoms with Gasteiger partial charge in [-0.05, 0) is 56.4 Å². The first-order valence-electron chi connectivity index (χ1n) is 9.40. The van der Waals surface area contributed by atoms with Crippen LogP contribution in [-0.2, 0) is 29.7 Å². The van der Waals surface area contributed by atoms with Crippen molar-refractivity contribution in [1.82, 2.24) is 14.2 Å². The van der Waals surface area contributed by atoms with Crippen molar-refractivity contribution in [3.63, 3.8) is 0 Å². The van der Waals surface area contributed by atoms with Crippen molar-refractivity contribution in [2.24, 2.45) is 5.92 Å². The Morgan fingerprint density at radius 1 is 1.23 bits per heavy atom. The highest BCUT2D eigenvalue weighted by Crippen LogP contribution is 2.27. The lowest BCUT2D eigenvalue weighted by Gasteiger charge is -2.23. The lowest BCUT2D eigenvalue weighted by Crippen LogP contribution is -2.32. The summed E-state index contributed by atoms with van der Waals surface area (Å²) in [5.74, 6) is 2.32. The van der Waals surface area contributed by atoms with E-state index in [4.69, 9.17) is 4.42 Å². The van der Waals surface area contributed by atoms with Gasteiger partial charge in [-0.1, -0.05) is 0 Å². The minimum Gasteiger partial charge on any atom is -0.465 e. The molecule has 0 saturated heterocycles. The third-order valence-electron chi connectivity index (χ3n) is 5.27. The van der Waals surface area contributed by atoms with E-state index in [1.54, 1.807) is 0 Å². The van der Waals surface area contributed by atoms with Crippen molar-refractivity contribution < 1.29 is 12.8 Å². The van der Waals surface area contributed by atoms with Crippen LogP contribution in [0.4, 0.5) is 0 Å². The Kier molecular flexibility index (Phi) is 4.94. The molecule has 0 aromatic carbocycles. The predicted octanol–water partition coefficient (Wildman–Crippen LogP) is 2.49. The zero-order valence-corrected chi connectivity index (χ0v) is 16.0. The molecule has 2 aliphatic rings. The zero-order chi connectivity index (χ0) is 18.1. The van der Waals surface area contributed by atoms with Crippen LogP contribution in [0.25, 0.3) is 0 Å². The fraction of sp³-hybridized carbons (Fsp3) is 0.579. The van der Waals surface area contributed by atoms with Crippen LogP contribution in [0.2, 0.25) is 0 Å². The Labute approximate surface area is 155 Å². The van der Waals surface area contributed by atoms with Gasteiger partial charge in [-0.2, -0.15) is 0 Å². The van der Waals surface area contributed by atoms with E-state index in [0.29, 0.717) is 12.5 Å². The van der Waals surface area contributed by atoms with Gasteiger partial charge in [0.25, 0.3) is 0 Å². The second-order valence-corrected chi connectivity index (χ2v) is 9.67. The molecule has 6 nitrogen and oxygen atoms in total. The van der Waals surface area contributed by atoms with Crippen LogP contribution in [0, 0.1) is 12.8 Å². The van der Waals surface area contributed by atoms with Crippen LogP contribution < -0.4 is 4.72 Å². The average molecular weight is 378 g/mol. The van der Waals surface area contributed by atoms with Crippen LogP contribution in [0.15, 0.2) is 34.9 Å². The second-order valence-electron chi connectivity index (χ2n) is 7.63. The topological polar surface area (TPSA) is 67.5 Å². The Morgan fingerprint density at radius 3 is 2.81 bits per heavy atom. The standard InChI is InChI=1S/C19H27N3O3S/c1-15-4-5-18(25-15)14-21-11-16(12-22-10-2-3-17(22)13-21)8-9-20-26(23,24)19-6-7-19/h2-5,10,16,19-20H,6-9,11-14H2,1H3/t16-/m0/s1. The summed E-state index contributed by atoms with van der Waals surface area (Å²) in [5.41, 5.74) is 1.30. The largest absolute Gasteiger partial charge is 0.465 e. The van der Waals surface area contributed by atoms with Crippen molar-refractivity contribution in [2.75, 3.05) is 13.1 Å². The molecule has 2 aromatic heterocycles. The smallest absolute Gasteiger partial charge is 0.214 e. The second kappa shape index (κ2) is 7.21. The molecule has 0 radical (unpaired) electrons. The Hall–Kier alpha value is -1.57. The van der Waals surface area contributed by atoms with Crippen molar-refractivity contribution in [3.05, 3.63) is 47.7 Å². The van der Waals surface area contributed by atoms with E-state index in [1.807, 2.05) is 19.1 Å². The summed E-state index contributed by atoms with van der Waals surface area (Å²) in [7, 11) is -3.09. The van der Waals surface area contributed by atoms with Gasteiger partial charge in [-0.15, -0.1) is 0 Å². The molecule has 4 rings (SSSR count). The number of nitrogens with zero attached hydrogens (tertiary/aromatic N) is 2. The number of rotatable bonds is 7. The van der Waals surface area contributed by atoms with E-state index in [0.717, 1.165) is 57.0 Å². The summed E-state index contributed by atoms with van der Waals surface area (Å²) in [6, 6.07) is 8.29. The summed E-state index contributed by atoms with van der Waals surface area (Å²) >= 11 is 0. The van der Waals surface area contributed by atoms with Gasteiger partial charge in [0.05, 0.1) is 11.8 Å². The molecule has 1 atom stereocenters. The Balaban J connectivity index is 1.40. The summed E-state index contributed by atoms with van der Waals surface area (Å²) in [5, 5.41) is -0.147. The van der Waals surface area contributed by atoms with Crippen molar-refractivity contribution in [2.45, 2.75) is 51.1 Å². The monoisotopic (exact) mass is 377 g/mol. The lowest BCUT2D eigenvalue weighted by molar-refractivity contribution is 0.200. The van der Waals surface area contributed by atoms with Crippen molar-refractivity contribution in [1.29, 1.82) is 0 Å². The molecule has 0 unspecified atom stereocenters. The number of sulfonamides is 1. The van der Waals surface area contributed by atoms with E-state index >= 15 is 0 Å². The number of hydrogen-bond acceptors (Lipinski definition) is 4. The minimum absolute atomic E-state index is 0.147. The fourth-order valence-electron chi connectivity index (χ4n) is 3.76. The first kappa shape index (κ1) is 17.8. The summed E-state index contributed by atoms with van der Waals surface area (Å²) in [6.45, 7) is 6.02. The molecule has 0 bridgehead atoms. The van der Waals surface area contributed by atoms with E-state index in [2.05, 4.69) is 32.5 Å². The van der Waals surface area contributed by atoms with Gasteiger partial charge in [0, 0.05) is 38.1 Å². The van der Waals surface area contributed by atoms with Crippen LogP contribution in [0.5, 0.6) is 0 Å². The first-order valence-corrected chi connectivity index (χ1v) is 10.9. The minimum atomic E-state index is -3.09. The number of furan rings is 1. The molecule has 1 saturated carbocycles. The predicted molar refractivity (Wildman–Crippen MR) is 100 cm³/mol. The maximum Gasteiger partial charge on any atom is 0.214 e. The van der Waals surface area contributed by atoms with Gasteiger partial charge in [0.15, 0.2) is 0 Å². The van der Waals surface area contributed by atoms with E-state index in [-0.39, 0.29) is 5.25 Å². The molecule has 7 heteroatoms. The molecule has 1 aliphatic carbocycles. The van der Waals surface area contributed by atoms with Gasteiger partial charge in [-0.25, -0.2) is 13.1 Å². The number of nitrogens with one attached hydrogen (secondary N) is 1. The normalized spacial score (nSPS) is 21.5. The maximum atomic E-state index is 12.0. The van der Waals surface area contributed by atoms with E-state index in [1.165, 1.54) is 5.69 Å². The van der Waals surface area contributed by atoms with E-state index < -0.39 is 10.0 Å². The van der Waals surface area contributed by atoms with Gasteiger partial charge in [0.1, 0.15) is 11.5 Å². The molecular weight excluding hydrogens is 350 g/mol. The maximum absolute atomic E-state index is 12.0. The van der Waals surface area contributed by atoms with Gasteiger partial charge in [0.2, 0.25) is 10.0 Å². The van der Waals surface area contributed by atoms with Crippen LogP contribution in [0.3, 0.4) is 0 Å². The van der Waals surface area contributed by atoms with Gasteiger partial charge < -0.3 is 8.98 Å². The highest BCUT2D eigenvalue weighted by atomic mass is 32.2. The molecule has 1 aliphatic heterocycles. The molecule has 26 heavy (non-hydrogen) atoms. The van der Waals surface area contributed by atoms with Crippen LogP contribution in [-0.4, -0.2) is 36.2 Å². The number of aromatic nitrogens is 1. The van der Waals surface area contributed by atoms with Gasteiger partial charge >= 0.3 is 0 Å². The fourth-order valence-corrected chi connectivity index (χ4v) is 5.16. The molecule has 2 aromatic rings. The molecule has 0 spiro atoms. The number of fused-ring (bicyclic) bond motifs is 1. The molecule has 1 fully saturated rings. The van der Waals surface area contributed by atoms with Crippen molar-refractivity contribution in [3.8, 4) is 0 Å². The molecule has 3 heterocycles. The molecule has 142 valence electrons. The Bertz CT molecular complexity index is 851. The summed E-state index contributed by atoms with van der Waals surface area (Å²) in [6.07, 6.45) is 4.58. The third-order valence-corrected chi connectivity index (χ3v) is 7.23. The van der Waals surface area contributed by atoms with Crippen LogP contribution >= 0.6 is 0 Å². The highest BCUT2D eigenvalue weighted by molar-refractivity contribution is 7.90. The molecule has 1 N–H and O–H groups in total. The highest BCUT2D eigenvalue weighted by Gasteiger charge is 2.35. The molecular formula is C19H27N3O3S. The molecule has 0 amide bonds. The quantitative estimate of drug-likeness (QED) is 0.805. The van der Waals surface area contributed by atoms with Crippen LogP contribution in [0.1, 0.15) is 36.5 Å². The Morgan fingerprint density at radius 2 is 2.08 bits per heavy atom. The average Bonchev–Trinajstić information content (AvgIpc) is 3.29. The third kappa shape index (κ3) is 4.22.